The number of carbonyl (C=O) groups is 2. The highest BCUT2D eigenvalue weighted by atomic mass is 16.4. The normalized spacial score (nSPS) is 17.0. The molecule has 1 aromatic rings. The molecule has 0 radical (unpaired) electrons. The van der Waals surface area contributed by atoms with Gasteiger partial charge in [-0.3, -0.25) is 4.79 Å². The van der Waals surface area contributed by atoms with Gasteiger partial charge in [0.1, 0.15) is 0 Å². The van der Waals surface area contributed by atoms with Crippen molar-refractivity contribution in [2.75, 3.05) is 11.9 Å². The number of fused-ring (bicyclic) bond motifs is 1. The minimum absolute atomic E-state index is 0.237. The number of likely N-dealkylation sites (N-methyl/N-ethyl adjacent to an activating group) is 1. The summed E-state index contributed by atoms with van der Waals surface area (Å²) in [6.45, 7) is 0. The Labute approximate surface area is 86.4 Å². The average molecular weight is 203 g/mol. The van der Waals surface area contributed by atoms with Crippen LogP contribution in [-0.2, 0) is 9.59 Å². The lowest BCUT2D eigenvalue weighted by atomic mass is 10.1. The van der Waals surface area contributed by atoms with Crippen molar-refractivity contribution in [1.82, 2.24) is 0 Å². The lowest BCUT2D eigenvalue weighted by Crippen LogP contribution is -2.20. The second-order valence-corrected chi connectivity index (χ2v) is 3.28. The van der Waals surface area contributed by atoms with Crippen molar-refractivity contribution in [1.29, 1.82) is 0 Å². The van der Waals surface area contributed by atoms with Gasteiger partial charge in [-0.15, -0.1) is 0 Å². The molecular weight excluding hydrogens is 194 g/mol. The molecule has 1 aliphatic rings. The fourth-order valence-electron chi connectivity index (χ4n) is 1.66. The van der Waals surface area contributed by atoms with Crippen molar-refractivity contribution in [2.24, 2.45) is 0 Å². The summed E-state index contributed by atoms with van der Waals surface area (Å²) >= 11 is 0. The first kappa shape index (κ1) is 9.45. The van der Waals surface area contributed by atoms with E-state index in [0.717, 1.165) is 11.8 Å². The first-order chi connectivity index (χ1) is 7.11. The lowest BCUT2D eigenvalue weighted by molar-refractivity contribution is -0.131. The Morgan fingerprint density at radius 3 is 2.73 bits per heavy atom. The van der Waals surface area contributed by atoms with Crippen LogP contribution in [0.5, 0.6) is 0 Å². The van der Waals surface area contributed by atoms with Crippen LogP contribution in [0, 0.1) is 0 Å². The summed E-state index contributed by atoms with van der Waals surface area (Å²) in [7, 11) is 1.63. The predicted octanol–water partition coefficient (Wildman–Crippen LogP) is 1.13. The van der Waals surface area contributed by atoms with Crippen molar-refractivity contribution in [2.45, 2.75) is 0 Å². The van der Waals surface area contributed by atoms with E-state index in [0.29, 0.717) is 5.56 Å². The Morgan fingerprint density at radius 1 is 1.40 bits per heavy atom. The smallest absolute Gasteiger partial charge is 0.329 e. The number of nitrogens with zero attached hydrogens (tertiary/aromatic N) is 1. The zero-order chi connectivity index (χ0) is 11.0. The highest BCUT2D eigenvalue weighted by Crippen LogP contribution is 2.34. The third kappa shape index (κ3) is 1.40. The van der Waals surface area contributed by atoms with E-state index in [9.17, 15) is 9.59 Å². The van der Waals surface area contributed by atoms with Gasteiger partial charge in [-0.05, 0) is 6.07 Å². The van der Waals surface area contributed by atoms with E-state index in [-0.39, 0.29) is 11.5 Å². The van der Waals surface area contributed by atoms with Gasteiger partial charge in [-0.25, -0.2) is 4.79 Å². The van der Waals surface area contributed by atoms with E-state index in [2.05, 4.69) is 0 Å². The van der Waals surface area contributed by atoms with Crippen LogP contribution in [0.25, 0.3) is 5.57 Å². The maximum atomic E-state index is 11.7. The minimum Gasteiger partial charge on any atom is -0.478 e. The Kier molecular flexibility index (Phi) is 2.04. The number of benzene rings is 1. The van der Waals surface area contributed by atoms with Crippen LogP contribution in [0.4, 0.5) is 5.69 Å². The fourth-order valence-corrected chi connectivity index (χ4v) is 1.66. The molecular formula is C11H9NO3. The van der Waals surface area contributed by atoms with Gasteiger partial charge in [0.2, 0.25) is 0 Å². The molecule has 0 saturated carbocycles. The number of carboxylic acids is 1. The summed E-state index contributed by atoms with van der Waals surface area (Å²) < 4.78 is 0. The molecule has 0 spiro atoms. The third-order valence-corrected chi connectivity index (χ3v) is 2.36. The van der Waals surface area contributed by atoms with Gasteiger partial charge >= 0.3 is 5.97 Å². The number of hydrogen-bond donors (Lipinski definition) is 1. The number of aliphatic carboxylic acids is 1. The molecule has 1 amide bonds. The maximum absolute atomic E-state index is 11.7. The maximum Gasteiger partial charge on any atom is 0.329 e. The SMILES string of the molecule is CN1C(=O)/C(=C/C(=O)O)c2ccccc21. The van der Waals surface area contributed by atoms with Crippen LogP contribution >= 0.6 is 0 Å². The molecule has 0 aromatic heterocycles. The standard InChI is InChI=1S/C11H9NO3/c1-12-9-5-3-2-4-7(9)8(11(12)15)6-10(13)14/h2-6H,1H3,(H,13,14)/b8-6+. The van der Waals surface area contributed by atoms with Gasteiger partial charge in [0.05, 0.1) is 11.3 Å². The topological polar surface area (TPSA) is 57.6 Å². The molecule has 2 rings (SSSR count). The monoisotopic (exact) mass is 203 g/mol. The van der Waals surface area contributed by atoms with Gasteiger partial charge in [0, 0.05) is 18.7 Å². The summed E-state index contributed by atoms with van der Waals surface area (Å²) in [4.78, 5) is 23.7. The molecule has 0 fully saturated rings. The van der Waals surface area contributed by atoms with Crippen LogP contribution < -0.4 is 4.90 Å². The van der Waals surface area contributed by atoms with Crippen molar-refractivity contribution < 1.29 is 14.7 Å². The Morgan fingerprint density at radius 2 is 2.07 bits per heavy atom. The van der Waals surface area contributed by atoms with Crippen LogP contribution in [0.15, 0.2) is 30.3 Å². The molecule has 0 unspecified atom stereocenters. The van der Waals surface area contributed by atoms with Crippen LogP contribution in [-0.4, -0.2) is 24.0 Å². The van der Waals surface area contributed by atoms with Crippen LogP contribution in [0.1, 0.15) is 5.56 Å². The van der Waals surface area contributed by atoms with Gasteiger partial charge in [-0.2, -0.15) is 0 Å². The van der Waals surface area contributed by atoms with E-state index in [1.54, 1.807) is 25.2 Å². The Balaban J connectivity index is 2.61. The molecule has 1 aliphatic heterocycles. The molecule has 4 nitrogen and oxygen atoms in total. The number of hydrogen-bond acceptors (Lipinski definition) is 2. The van der Waals surface area contributed by atoms with Crippen molar-refractivity contribution in [3.63, 3.8) is 0 Å². The van der Waals surface area contributed by atoms with Crippen molar-refractivity contribution >= 4 is 23.1 Å². The molecule has 0 saturated heterocycles. The second-order valence-electron chi connectivity index (χ2n) is 3.28. The molecule has 1 aromatic carbocycles. The Hall–Kier alpha value is -2.10. The van der Waals surface area contributed by atoms with E-state index in [1.165, 1.54) is 4.90 Å². The summed E-state index contributed by atoms with van der Waals surface area (Å²) in [5.41, 5.74) is 1.66. The second kappa shape index (κ2) is 3.24. The largest absolute Gasteiger partial charge is 0.478 e. The quantitative estimate of drug-likeness (QED) is 0.696. The summed E-state index contributed by atoms with van der Waals surface area (Å²) in [5, 5.41) is 8.66. The van der Waals surface area contributed by atoms with Gasteiger partial charge in [0.15, 0.2) is 0 Å². The summed E-state index contributed by atoms with van der Waals surface area (Å²) in [6, 6.07) is 7.12. The molecule has 1 N–H and O–H groups in total. The number of amides is 1. The molecule has 4 heteroatoms. The lowest BCUT2D eigenvalue weighted by Gasteiger charge is -2.07. The van der Waals surface area contributed by atoms with E-state index >= 15 is 0 Å². The molecule has 76 valence electrons. The Bertz CT molecular complexity index is 476. The fraction of sp³-hybridized carbons (Fsp3) is 0.0909. The first-order valence-corrected chi connectivity index (χ1v) is 4.43. The molecule has 0 aliphatic carbocycles. The number of carbonyl (C=O) groups excluding carboxylic acids is 1. The summed E-state index contributed by atoms with van der Waals surface area (Å²) in [6.07, 6.45) is 0.949. The highest BCUT2D eigenvalue weighted by Gasteiger charge is 2.29. The van der Waals surface area contributed by atoms with E-state index < -0.39 is 5.97 Å². The highest BCUT2D eigenvalue weighted by molar-refractivity contribution is 6.34. The molecule has 15 heavy (non-hydrogen) atoms. The van der Waals surface area contributed by atoms with Crippen LogP contribution in [0.2, 0.25) is 0 Å². The number of para-hydroxylation sites is 1. The number of carboxylic acid groups (broad SMARTS) is 1. The van der Waals surface area contributed by atoms with E-state index in [1.807, 2.05) is 6.07 Å². The predicted molar refractivity (Wildman–Crippen MR) is 55.5 cm³/mol. The van der Waals surface area contributed by atoms with Crippen molar-refractivity contribution in [3.05, 3.63) is 35.9 Å². The molecule has 0 atom stereocenters. The number of anilines is 1. The van der Waals surface area contributed by atoms with Gasteiger partial charge in [-0.1, -0.05) is 18.2 Å². The molecule has 0 bridgehead atoms. The van der Waals surface area contributed by atoms with Gasteiger partial charge < -0.3 is 10.0 Å². The molecule has 1 heterocycles. The summed E-state index contributed by atoms with van der Waals surface area (Å²) in [5.74, 6) is -1.39. The first-order valence-electron chi connectivity index (χ1n) is 4.43. The van der Waals surface area contributed by atoms with Gasteiger partial charge in [0.25, 0.3) is 5.91 Å². The van der Waals surface area contributed by atoms with Crippen molar-refractivity contribution in [3.8, 4) is 0 Å². The zero-order valence-corrected chi connectivity index (χ0v) is 8.10. The van der Waals surface area contributed by atoms with Crippen LogP contribution in [0.3, 0.4) is 0 Å². The number of rotatable bonds is 1. The zero-order valence-electron chi connectivity index (χ0n) is 8.10. The average Bonchev–Trinajstić information content (AvgIpc) is 2.44. The van der Waals surface area contributed by atoms with E-state index in [4.69, 9.17) is 5.11 Å². The third-order valence-electron chi connectivity index (χ3n) is 2.36. The minimum atomic E-state index is -1.11.